The lowest BCUT2D eigenvalue weighted by molar-refractivity contribution is 0.0683. The zero-order valence-corrected chi connectivity index (χ0v) is 26.5. The van der Waals surface area contributed by atoms with Gasteiger partial charge in [-0.25, -0.2) is 9.59 Å². The minimum atomic E-state index is -1.55. The van der Waals surface area contributed by atoms with E-state index < -0.39 is 68.0 Å². The molecule has 6 N–H and O–H groups in total. The zero-order valence-electron chi connectivity index (χ0n) is 26.5. The first-order valence-electron chi connectivity index (χ1n) is 13.7. The number of hydrogen-bond acceptors (Lipinski definition) is 10. The fraction of sp³-hybridized carbons (Fsp3) is 0.235. The first-order valence-corrected chi connectivity index (χ1v) is 13.7. The largest absolute Gasteiger partial charge is 0.507 e. The lowest BCUT2D eigenvalue weighted by Gasteiger charge is -2.22. The Morgan fingerprint density at radius 3 is 1.00 bits per heavy atom. The van der Waals surface area contributed by atoms with E-state index in [0.717, 1.165) is 0 Å². The molecule has 12 nitrogen and oxygen atoms in total. The number of ether oxygens (including phenoxy) is 4. The molecule has 0 aliphatic heterocycles. The summed E-state index contributed by atoms with van der Waals surface area (Å²) >= 11 is 0. The molecule has 0 aliphatic carbocycles. The third-order valence-electron chi connectivity index (χ3n) is 7.91. The van der Waals surface area contributed by atoms with Crippen LogP contribution in [0.4, 0.5) is 0 Å². The predicted octanol–water partition coefficient (Wildman–Crippen LogP) is 3.11. The van der Waals surface area contributed by atoms with Crippen LogP contribution in [0.15, 0.2) is 0 Å². The van der Waals surface area contributed by atoms with Gasteiger partial charge in [-0.3, -0.25) is 0 Å². The maximum Gasteiger partial charge on any atom is 0.340 e. The van der Waals surface area contributed by atoms with Gasteiger partial charge in [0.2, 0.25) is 0 Å². The molecule has 0 bridgehead atoms. The molecule has 0 unspecified atom stereocenters. The van der Waals surface area contributed by atoms with Crippen molar-refractivity contribution < 1.29 is 59.2 Å². The van der Waals surface area contributed by atoms with Gasteiger partial charge in [0.1, 0.15) is 34.1 Å². The molecule has 0 amide bonds. The van der Waals surface area contributed by atoms with Gasteiger partial charge in [0.25, 0.3) is 0 Å². The average Bonchev–Trinajstić information content (AvgIpc) is 3.00. The Hall–Kier alpha value is -5.78. The number of fused-ring (bicyclic) bond motifs is 2. The van der Waals surface area contributed by atoms with Crippen LogP contribution in [0.3, 0.4) is 0 Å². The first kappa shape index (κ1) is 33.1. The maximum absolute atomic E-state index is 12.7. The number of aromatic hydroxyl groups is 4. The van der Waals surface area contributed by atoms with Crippen LogP contribution in [0, 0.1) is 0 Å². The Kier molecular flexibility index (Phi) is 8.37. The third-order valence-corrected chi connectivity index (χ3v) is 7.91. The third kappa shape index (κ3) is 4.36. The number of carboxylic acid groups (broad SMARTS) is 2. The second-order valence-electron chi connectivity index (χ2n) is 10.8. The van der Waals surface area contributed by atoms with Gasteiger partial charge in [-0.1, -0.05) is 24.3 Å². The zero-order chi connectivity index (χ0) is 34.7. The van der Waals surface area contributed by atoms with Crippen LogP contribution < -0.4 is 39.8 Å². The smallest absolute Gasteiger partial charge is 0.340 e. The van der Waals surface area contributed by atoms with Crippen LogP contribution >= 0.6 is 0 Å². The molecule has 0 saturated heterocycles. The summed E-state index contributed by atoms with van der Waals surface area (Å²) in [5.41, 5.74) is -0.921. The lowest BCUT2D eigenvalue weighted by atomic mass is 9.87. The molecular weight excluding hydrogens is 600 g/mol. The summed E-state index contributed by atoms with van der Waals surface area (Å²) in [6.45, 7) is 14.5. The number of methoxy groups -OCH3 is 4. The van der Waals surface area contributed by atoms with Crippen LogP contribution in [0.5, 0.6) is 46.0 Å². The number of rotatable bonds is 7. The van der Waals surface area contributed by atoms with E-state index in [4.69, 9.17) is 18.9 Å². The van der Waals surface area contributed by atoms with Crippen LogP contribution in [0.2, 0.25) is 0 Å². The van der Waals surface area contributed by atoms with Crippen LogP contribution in [0.25, 0.3) is 57.0 Å². The Morgan fingerprint density at radius 2 is 0.783 bits per heavy atom. The fourth-order valence-corrected chi connectivity index (χ4v) is 6.11. The normalized spacial score (nSPS) is 11.0. The van der Waals surface area contributed by atoms with Gasteiger partial charge in [-0.05, 0) is 27.7 Å². The monoisotopic (exact) mass is 634 g/mol. The molecule has 4 aromatic carbocycles. The van der Waals surface area contributed by atoms with Gasteiger partial charge in [0.15, 0.2) is 23.0 Å². The van der Waals surface area contributed by atoms with Crippen LogP contribution in [-0.2, 0) is 0 Å². The van der Waals surface area contributed by atoms with Gasteiger partial charge in [-0.2, -0.15) is 0 Å². The average molecular weight is 635 g/mol. The highest BCUT2D eigenvalue weighted by Gasteiger charge is 2.33. The van der Waals surface area contributed by atoms with Crippen molar-refractivity contribution in [1.29, 1.82) is 0 Å². The Bertz CT molecular complexity index is 2100. The van der Waals surface area contributed by atoms with Crippen molar-refractivity contribution in [3.05, 3.63) is 32.0 Å². The molecule has 0 radical (unpaired) electrons. The van der Waals surface area contributed by atoms with Gasteiger partial charge in [-0.15, -0.1) is 0 Å². The van der Waals surface area contributed by atoms with Crippen molar-refractivity contribution in [2.75, 3.05) is 28.4 Å². The standard InChI is InChI=1S/C34H34O12/c1-11(2)15-19-21(23(33(39)40)31(45-9)29(15)43-7)27(37)17(13(5)25(19)35)18-14(6)26(36)20-16(12(3)4)30(44-8)32(46-10)24(34(41)42)22(20)28(18)38/h35-38H,5-6H2,1-4,7-10H3,(H,39,40)(H,41,42). The van der Waals surface area contributed by atoms with E-state index in [2.05, 4.69) is 13.2 Å². The molecule has 46 heavy (non-hydrogen) atoms. The second-order valence-corrected chi connectivity index (χ2v) is 10.8. The van der Waals surface area contributed by atoms with E-state index in [0.29, 0.717) is 11.1 Å². The lowest BCUT2D eigenvalue weighted by Crippen LogP contribution is -2.21. The molecule has 0 atom stereocenters. The summed E-state index contributed by atoms with van der Waals surface area (Å²) < 4.78 is 21.9. The number of aromatic carboxylic acids is 2. The molecule has 0 spiro atoms. The summed E-state index contributed by atoms with van der Waals surface area (Å²) in [7, 11) is 4.99. The Labute approximate surface area is 262 Å². The van der Waals surface area contributed by atoms with E-state index in [1.165, 1.54) is 28.4 Å². The van der Waals surface area contributed by atoms with E-state index in [9.17, 15) is 40.2 Å². The molecule has 4 aromatic rings. The minimum absolute atomic E-state index is 0.0239. The molecule has 0 heterocycles. The van der Waals surface area contributed by atoms with Crippen molar-refractivity contribution in [3.63, 3.8) is 0 Å². The summed E-state index contributed by atoms with van der Waals surface area (Å²) in [5, 5.41) is 66.6. The van der Waals surface area contributed by atoms with E-state index in [1.807, 2.05) is 0 Å². The van der Waals surface area contributed by atoms with E-state index in [1.54, 1.807) is 27.7 Å². The number of carboxylic acids is 2. The van der Waals surface area contributed by atoms with E-state index >= 15 is 0 Å². The van der Waals surface area contributed by atoms with Crippen LogP contribution in [-0.4, -0.2) is 71.0 Å². The maximum atomic E-state index is 12.7. The van der Waals surface area contributed by atoms with Gasteiger partial charge in [0.05, 0.1) is 28.4 Å². The molecule has 0 aliphatic rings. The summed E-state index contributed by atoms with van der Waals surface area (Å²) in [6, 6.07) is 0. The SMILES string of the molecule is C=c1c(-c2c(O)c3c(C(=O)O)c(OC)c(OC)c(=C(C)C)c3c(O)c2=C)c(O)c2c(C(=O)O)c(OC)c(OC)c(=C(C)C)c2c1O. The molecule has 12 heteroatoms. The quantitative estimate of drug-likeness (QED) is 0.163. The summed E-state index contributed by atoms with van der Waals surface area (Å²) in [6.07, 6.45) is 0. The predicted molar refractivity (Wildman–Crippen MR) is 173 cm³/mol. The molecule has 0 aromatic heterocycles. The Morgan fingerprint density at radius 1 is 0.500 bits per heavy atom. The highest BCUT2D eigenvalue weighted by atomic mass is 16.5. The molecule has 4 rings (SSSR count). The van der Waals surface area contributed by atoms with Crippen molar-refractivity contribution in [1.82, 2.24) is 0 Å². The van der Waals surface area contributed by atoms with Crippen molar-refractivity contribution >= 4 is 57.8 Å². The number of hydrogen-bond donors (Lipinski definition) is 6. The minimum Gasteiger partial charge on any atom is -0.507 e. The number of phenolic OH excluding ortho intramolecular Hbond substituents is 4. The van der Waals surface area contributed by atoms with Crippen molar-refractivity contribution in [2.24, 2.45) is 0 Å². The summed E-state index contributed by atoms with van der Waals surface area (Å²) in [4.78, 5) is 25.4. The first-order chi connectivity index (χ1) is 21.5. The number of carbonyl (C=O) groups is 2. The highest BCUT2D eigenvalue weighted by Crippen LogP contribution is 2.48. The van der Waals surface area contributed by atoms with Crippen molar-refractivity contribution in [2.45, 2.75) is 27.7 Å². The molecular formula is C34H34O12. The second kappa shape index (κ2) is 11.6. The van der Waals surface area contributed by atoms with Crippen molar-refractivity contribution in [3.8, 4) is 57.1 Å². The van der Waals surface area contributed by atoms with Gasteiger partial charge < -0.3 is 49.6 Å². The van der Waals surface area contributed by atoms with Crippen LogP contribution in [0.1, 0.15) is 48.4 Å². The summed E-state index contributed by atoms with van der Waals surface area (Å²) in [5.74, 6) is -6.44. The topological polar surface area (TPSA) is 192 Å². The van der Waals surface area contributed by atoms with Gasteiger partial charge in [0, 0.05) is 53.5 Å². The number of benzene rings is 4. The molecule has 0 saturated carbocycles. The fourth-order valence-electron chi connectivity index (χ4n) is 6.11. The number of phenols is 4. The molecule has 242 valence electrons. The Balaban J connectivity index is 2.51. The van der Waals surface area contributed by atoms with Gasteiger partial charge >= 0.3 is 11.9 Å². The molecule has 0 fully saturated rings. The highest BCUT2D eigenvalue weighted by molar-refractivity contribution is 6.17. The van der Waals surface area contributed by atoms with E-state index in [-0.39, 0.29) is 54.6 Å².